The lowest BCUT2D eigenvalue weighted by Gasteiger charge is -2.10. The van der Waals surface area contributed by atoms with Gasteiger partial charge in [0.25, 0.3) is 0 Å². The minimum atomic E-state index is 0.259. The lowest BCUT2D eigenvalue weighted by molar-refractivity contribution is 0.262. The molecule has 2 heterocycles. The molecular weight excluding hydrogens is 480 g/mol. The van der Waals surface area contributed by atoms with Gasteiger partial charge in [0.05, 0.1) is 13.2 Å². The van der Waals surface area contributed by atoms with Crippen LogP contribution in [0.5, 0.6) is 23.0 Å². The van der Waals surface area contributed by atoms with E-state index in [1.807, 2.05) is 72.8 Å². The molecule has 2 saturated heterocycles. The summed E-state index contributed by atoms with van der Waals surface area (Å²) in [7, 11) is 0. The Morgan fingerprint density at radius 3 is 1.11 bits per heavy atom. The molecule has 0 bridgehead atoms. The van der Waals surface area contributed by atoms with Crippen LogP contribution in [0.25, 0.3) is 11.1 Å². The van der Waals surface area contributed by atoms with E-state index in [1.54, 1.807) is 0 Å². The van der Waals surface area contributed by atoms with Gasteiger partial charge in [-0.2, -0.15) is 0 Å². The molecule has 0 radical (unpaired) electrons. The van der Waals surface area contributed by atoms with Crippen molar-refractivity contribution in [1.82, 2.24) is 0 Å². The van der Waals surface area contributed by atoms with E-state index in [2.05, 4.69) is 24.3 Å². The zero-order valence-electron chi connectivity index (χ0n) is 21.1. The molecule has 2 aliphatic heterocycles. The largest absolute Gasteiger partial charge is 0.491 e. The van der Waals surface area contributed by atoms with Gasteiger partial charge in [-0.05, 0) is 70.8 Å². The Morgan fingerprint density at radius 1 is 0.447 bits per heavy atom. The molecule has 2 fully saturated rings. The standard InChI is InChI=1S/C32H30O6/c1-9-27(35-19-31-21-37-31)10-2-23(1)17-33-29-13-5-25(6-14-29)26-7-15-30(16-8-26)34-18-24-3-11-28(12-4-24)36-20-32-22-38-32/h1-16,31-32H,17-22H2. The summed E-state index contributed by atoms with van der Waals surface area (Å²) >= 11 is 0. The minimum Gasteiger partial charge on any atom is -0.491 e. The zero-order valence-corrected chi connectivity index (χ0v) is 21.1. The van der Waals surface area contributed by atoms with Crippen LogP contribution >= 0.6 is 0 Å². The summed E-state index contributed by atoms with van der Waals surface area (Å²) in [5, 5.41) is 0. The second-order valence-corrected chi connectivity index (χ2v) is 9.45. The predicted molar refractivity (Wildman–Crippen MR) is 144 cm³/mol. The average molecular weight is 511 g/mol. The van der Waals surface area contributed by atoms with Gasteiger partial charge in [0, 0.05) is 0 Å². The molecule has 6 heteroatoms. The first kappa shape index (κ1) is 24.3. The molecule has 194 valence electrons. The Hall–Kier alpha value is -4.00. The van der Waals surface area contributed by atoms with E-state index >= 15 is 0 Å². The molecule has 4 aromatic carbocycles. The van der Waals surface area contributed by atoms with Crippen molar-refractivity contribution in [1.29, 1.82) is 0 Å². The van der Waals surface area contributed by atoms with E-state index in [-0.39, 0.29) is 12.2 Å². The van der Waals surface area contributed by atoms with Gasteiger partial charge in [0.1, 0.15) is 61.6 Å². The second-order valence-electron chi connectivity index (χ2n) is 9.45. The second kappa shape index (κ2) is 11.6. The fraction of sp³-hybridized carbons (Fsp3) is 0.250. The molecule has 2 unspecified atom stereocenters. The molecular formula is C32H30O6. The van der Waals surface area contributed by atoms with E-state index in [4.69, 9.17) is 28.4 Å². The molecule has 0 aliphatic carbocycles. The topological polar surface area (TPSA) is 62.0 Å². The molecule has 2 aliphatic rings. The highest BCUT2D eigenvalue weighted by molar-refractivity contribution is 5.64. The van der Waals surface area contributed by atoms with Crippen molar-refractivity contribution in [3.63, 3.8) is 0 Å². The van der Waals surface area contributed by atoms with Crippen LogP contribution in [0.4, 0.5) is 0 Å². The molecule has 38 heavy (non-hydrogen) atoms. The number of ether oxygens (including phenoxy) is 6. The Labute approximate surface area is 222 Å². The third-order valence-corrected chi connectivity index (χ3v) is 6.38. The van der Waals surface area contributed by atoms with E-state index in [0.717, 1.165) is 58.5 Å². The molecule has 6 rings (SSSR count). The summed E-state index contributed by atoms with van der Waals surface area (Å²) in [6, 6.07) is 32.2. The van der Waals surface area contributed by atoms with Gasteiger partial charge >= 0.3 is 0 Å². The van der Waals surface area contributed by atoms with Crippen molar-refractivity contribution in [2.45, 2.75) is 25.4 Å². The maximum absolute atomic E-state index is 5.96. The molecule has 4 aromatic rings. The Morgan fingerprint density at radius 2 is 0.763 bits per heavy atom. The number of benzene rings is 4. The van der Waals surface area contributed by atoms with E-state index in [0.29, 0.717) is 26.4 Å². The van der Waals surface area contributed by atoms with Crippen molar-refractivity contribution in [2.75, 3.05) is 26.4 Å². The number of hydrogen-bond acceptors (Lipinski definition) is 6. The zero-order chi connectivity index (χ0) is 25.6. The third-order valence-electron chi connectivity index (χ3n) is 6.38. The first-order valence-electron chi connectivity index (χ1n) is 12.9. The van der Waals surface area contributed by atoms with Crippen LogP contribution < -0.4 is 18.9 Å². The smallest absolute Gasteiger partial charge is 0.119 e. The van der Waals surface area contributed by atoms with E-state index in [1.165, 1.54) is 0 Å². The summed E-state index contributed by atoms with van der Waals surface area (Å²) in [5.74, 6) is 3.36. The van der Waals surface area contributed by atoms with Crippen LogP contribution in [0.15, 0.2) is 97.1 Å². The van der Waals surface area contributed by atoms with Gasteiger partial charge < -0.3 is 28.4 Å². The molecule has 6 nitrogen and oxygen atoms in total. The van der Waals surface area contributed by atoms with E-state index in [9.17, 15) is 0 Å². The highest BCUT2D eigenvalue weighted by Gasteiger charge is 2.23. The molecule has 0 spiro atoms. The number of hydrogen-bond donors (Lipinski definition) is 0. The normalized spacial score (nSPS) is 17.5. The Kier molecular flexibility index (Phi) is 7.42. The van der Waals surface area contributed by atoms with Gasteiger partial charge in [-0.25, -0.2) is 0 Å². The Balaban J connectivity index is 0.956. The molecule has 0 N–H and O–H groups in total. The van der Waals surface area contributed by atoms with Gasteiger partial charge in [-0.3, -0.25) is 0 Å². The lowest BCUT2D eigenvalue weighted by Crippen LogP contribution is -2.04. The molecule has 2 atom stereocenters. The minimum absolute atomic E-state index is 0.259. The van der Waals surface area contributed by atoms with Crippen molar-refractivity contribution in [2.24, 2.45) is 0 Å². The maximum atomic E-state index is 5.96. The summed E-state index contributed by atoms with van der Waals surface area (Å²) in [6.07, 6.45) is 0.518. The molecule has 0 saturated carbocycles. The molecule has 0 aromatic heterocycles. The van der Waals surface area contributed by atoms with Gasteiger partial charge in [-0.15, -0.1) is 0 Å². The SMILES string of the molecule is c1cc(OCC2CO2)ccc1COc1ccc(-c2ccc(OCc3ccc(OCC4CO4)cc3)cc2)cc1. The van der Waals surface area contributed by atoms with Crippen molar-refractivity contribution >= 4 is 0 Å². The monoisotopic (exact) mass is 510 g/mol. The Bertz CT molecular complexity index is 1190. The summed E-state index contributed by atoms with van der Waals surface area (Å²) in [4.78, 5) is 0. The number of rotatable bonds is 13. The fourth-order valence-electron chi connectivity index (χ4n) is 3.89. The average Bonchev–Trinajstić information content (AvgIpc) is 3.90. The maximum Gasteiger partial charge on any atom is 0.119 e. The van der Waals surface area contributed by atoms with Crippen molar-refractivity contribution < 1.29 is 28.4 Å². The van der Waals surface area contributed by atoms with Crippen LogP contribution in [0.3, 0.4) is 0 Å². The van der Waals surface area contributed by atoms with Crippen molar-refractivity contribution in [3.05, 3.63) is 108 Å². The summed E-state index contributed by atoms with van der Waals surface area (Å²) in [6.45, 7) is 3.83. The third kappa shape index (κ3) is 7.06. The quantitative estimate of drug-likeness (QED) is 0.204. The van der Waals surface area contributed by atoms with Crippen LogP contribution in [-0.2, 0) is 22.7 Å². The van der Waals surface area contributed by atoms with Crippen molar-refractivity contribution in [3.8, 4) is 34.1 Å². The van der Waals surface area contributed by atoms with Gasteiger partial charge in [0.2, 0.25) is 0 Å². The van der Waals surface area contributed by atoms with Crippen LogP contribution in [0.1, 0.15) is 11.1 Å². The lowest BCUT2D eigenvalue weighted by atomic mass is 10.1. The van der Waals surface area contributed by atoms with Gasteiger partial charge in [0.15, 0.2) is 0 Å². The summed E-state index contributed by atoms with van der Waals surface area (Å²) < 4.78 is 33.6. The fourth-order valence-corrected chi connectivity index (χ4v) is 3.89. The highest BCUT2D eigenvalue weighted by Crippen LogP contribution is 2.26. The van der Waals surface area contributed by atoms with Crippen LogP contribution in [0, 0.1) is 0 Å². The predicted octanol–water partition coefficient (Wildman–Crippen LogP) is 6.07. The first-order valence-corrected chi connectivity index (χ1v) is 12.9. The molecule has 0 amide bonds. The number of epoxide rings is 2. The first-order chi connectivity index (χ1) is 18.8. The summed E-state index contributed by atoms with van der Waals surface area (Å²) in [5.41, 5.74) is 4.43. The van der Waals surface area contributed by atoms with Gasteiger partial charge in [-0.1, -0.05) is 48.5 Å². The van der Waals surface area contributed by atoms with Crippen LogP contribution in [0.2, 0.25) is 0 Å². The highest BCUT2D eigenvalue weighted by atomic mass is 16.6. The van der Waals surface area contributed by atoms with E-state index < -0.39 is 0 Å². The van der Waals surface area contributed by atoms with Crippen LogP contribution in [-0.4, -0.2) is 38.6 Å².